The number of aliphatic hydroxyl groups is 1. The molecule has 1 amide bonds. The van der Waals surface area contributed by atoms with Crippen molar-refractivity contribution in [1.29, 1.82) is 0 Å². The molecule has 1 aromatic rings. The summed E-state index contributed by atoms with van der Waals surface area (Å²) in [5.41, 5.74) is 1.59. The lowest BCUT2D eigenvalue weighted by Gasteiger charge is -2.18. The molecule has 0 aliphatic heterocycles. The highest BCUT2D eigenvalue weighted by Gasteiger charge is 2.31. The standard InChI is InChI=1S/C15H22N2O3/c1-20-10-14(11-2-3-11)17-13-6-4-12(5-7-13)15(19)16-8-9-18/h4-7,11,14,17-18H,2-3,8-10H2,1H3,(H,16,19). The van der Waals surface area contributed by atoms with Crippen LogP contribution in [0.25, 0.3) is 0 Å². The van der Waals surface area contributed by atoms with Gasteiger partial charge in [-0.3, -0.25) is 4.79 Å². The van der Waals surface area contributed by atoms with Gasteiger partial charge in [0.25, 0.3) is 5.91 Å². The Morgan fingerprint density at radius 1 is 1.40 bits per heavy atom. The van der Waals surface area contributed by atoms with Crippen molar-refractivity contribution in [2.24, 2.45) is 5.92 Å². The third kappa shape index (κ3) is 4.21. The second kappa shape index (κ2) is 7.26. The van der Waals surface area contributed by atoms with E-state index in [1.54, 1.807) is 19.2 Å². The number of nitrogens with one attached hydrogen (secondary N) is 2. The van der Waals surface area contributed by atoms with Crippen molar-refractivity contribution in [3.8, 4) is 0 Å². The third-order valence-corrected chi connectivity index (χ3v) is 3.43. The van der Waals surface area contributed by atoms with E-state index in [1.165, 1.54) is 12.8 Å². The molecular weight excluding hydrogens is 256 g/mol. The summed E-state index contributed by atoms with van der Waals surface area (Å²) < 4.78 is 5.23. The van der Waals surface area contributed by atoms with Crippen LogP contribution in [0.1, 0.15) is 23.2 Å². The molecule has 0 saturated heterocycles. The first-order valence-electron chi connectivity index (χ1n) is 6.99. The first-order valence-corrected chi connectivity index (χ1v) is 6.99. The summed E-state index contributed by atoms with van der Waals surface area (Å²) in [5.74, 6) is 0.531. The highest BCUT2D eigenvalue weighted by molar-refractivity contribution is 5.94. The topological polar surface area (TPSA) is 70.6 Å². The van der Waals surface area contributed by atoms with Gasteiger partial charge in [0, 0.05) is 24.9 Å². The quantitative estimate of drug-likeness (QED) is 0.669. The normalized spacial score (nSPS) is 15.7. The van der Waals surface area contributed by atoms with Crippen LogP contribution in [-0.4, -0.2) is 43.9 Å². The van der Waals surface area contributed by atoms with Crippen LogP contribution < -0.4 is 10.6 Å². The Balaban J connectivity index is 1.91. The third-order valence-electron chi connectivity index (χ3n) is 3.43. The fourth-order valence-corrected chi connectivity index (χ4v) is 2.18. The largest absolute Gasteiger partial charge is 0.395 e. The molecule has 0 bridgehead atoms. The van der Waals surface area contributed by atoms with E-state index in [0.717, 1.165) is 5.69 Å². The average molecular weight is 278 g/mol. The van der Waals surface area contributed by atoms with Crippen molar-refractivity contribution in [2.75, 3.05) is 32.2 Å². The monoisotopic (exact) mass is 278 g/mol. The highest BCUT2D eigenvalue weighted by atomic mass is 16.5. The number of benzene rings is 1. The van der Waals surface area contributed by atoms with E-state index in [-0.39, 0.29) is 19.1 Å². The van der Waals surface area contributed by atoms with Crippen molar-refractivity contribution in [3.63, 3.8) is 0 Å². The fourth-order valence-electron chi connectivity index (χ4n) is 2.18. The summed E-state index contributed by atoms with van der Waals surface area (Å²) in [5, 5.41) is 14.8. The van der Waals surface area contributed by atoms with Gasteiger partial charge in [-0.05, 0) is 43.0 Å². The van der Waals surface area contributed by atoms with E-state index in [9.17, 15) is 4.79 Å². The van der Waals surface area contributed by atoms with Crippen LogP contribution >= 0.6 is 0 Å². The lowest BCUT2D eigenvalue weighted by Crippen LogP contribution is -2.27. The molecule has 0 radical (unpaired) electrons. The lowest BCUT2D eigenvalue weighted by molar-refractivity contribution is 0.0945. The van der Waals surface area contributed by atoms with Crippen molar-refractivity contribution < 1.29 is 14.6 Å². The van der Waals surface area contributed by atoms with E-state index in [0.29, 0.717) is 24.1 Å². The number of amides is 1. The Bertz CT molecular complexity index is 429. The molecule has 20 heavy (non-hydrogen) atoms. The van der Waals surface area contributed by atoms with Gasteiger partial charge in [0.15, 0.2) is 0 Å². The summed E-state index contributed by atoms with van der Waals surface area (Å²) in [4.78, 5) is 11.7. The first kappa shape index (κ1) is 14.8. The molecule has 5 nitrogen and oxygen atoms in total. The van der Waals surface area contributed by atoms with E-state index in [4.69, 9.17) is 9.84 Å². The zero-order valence-corrected chi connectivity index (χ0v) is 11.8. The smallest absolute Gasteiger partial charge is 0.251 e. The van der Waals surface area contributed by atoms with Crippen LogP contribution in [0.5, 0.6) is 0 Å². The molecule has 2 rings (SSSR count). The van der Waals surface area contributed by atoms with Crippen LogP contribution in [0.2, 0.25) is 0 Å². The van der Waals surface area contributed by atoms with Gasteiger partial charge in [0.05, 0.1) is 19.3 Å². The van der Waals surface area contributed by atoms with Crippen LogP contribution in [0.15, 0.2) is 24.3 Å². The van der Waals surface area contributed by atoms with Gasteiger partial charge in [-0.15, -0.1) is 0 Å². The van der Waals surface area contributed by atoms with Gasteiger partial charge in [-0.1, -0.05) is 0 Å². The number of methoxy groups -OCH3 is 1. The maximum absolute atomic E-state index is 11.7. The van der Waals surface area contributed by atoms with Gasteiger partial charge < -0.3 is 20.5 Å². The molecule has 1 aliphatic carbocycles. The number of carbonyl (C=O) groups excluding carboxylic acids is 1. The molecule has 0 aromatic heterocycles. The van der Waals surface area contributed by atoms with Gasteiger partial charge in [0.1, 0.15) is 0 Å². The molecule has 0 spiro atoms. The summed E-state index contributed by atoms with van der Waals surface area (Å²) in [6.07, 6.45) is 2.51. The van der Waals surface area contributed by atoms with Crippen molar-refractivity contribution >= 4 is 11.6 Å². The van der Waals surface area contributed by atoms with Crippen LogP contribution in [0, 0.1) is 5.92 Å². The SMILES string of the molecule is COCC(Nc1ccc(C(=O)NCCO)cc1)C1CC1. The zero-order chi connectivity index (χ0) is 14.4. The number of anilines is 1. The number of ether oxygens (including phenoxy) is 1. The van der Waals surface area contributed by atoms with E-state index in [2.05, 4.69) is 10.6 Å². The van der Waals surface area contributed by atoms with Crippen molar-refractivity contribution in [1.82, 2.24) is 5.32 Å². The minimum atomic E-state index is -0.166. The molecule has 5 heteroatoms. The number of aliphatic hydroxyl groups excluding tert-OH is 1. The van der Waals surface area contributed by atoms with Gasteiger partial charge in [0.2, 0.25) is 0 Å². The van der Waals surface area contributed by atoms with E-state index < -0.39 is 0 Å². The minimum absolute atomic E-state index is 0.0501. The Morgan fingerprint density at radius 2 is 2.10 bits per heavy atom. The Labute approximate surface area is 119 Å². The van der Waals surface area contributed by atoms with Gasteiger partial charge in [-0.25, -0.2) is 0 Å². The summed E-state index contributed by atoms with van der Waals surface area (Å²) in [6, 6.07) is 7.71. The lowest BCUT2D eigenvalue weighted by atomic mass is 10.1. The predicted molar refractivity (Wildman–Crippen MR) is 77.9 cm³/mol. The predicted octanol–water partition coefficient (Wildman–Crippen LogP) is 1.25. The van der Waals surface area contributed by atoms with Crippen LogP contribution in [0.3, 0.4) is 0 Å². The molecule has 1 aromatic carbocycles. The van der Waals surface area contributed by atoms with E-state index >= 15 is 0 Å². The summed E-state index contributed by atoms with van der Waals surface area (Å²) >= 11 is 0. The minimum Gasteiger partial charge on any atom is -0.395 e. The molecule has 1 fully saturated rings. The average Bonchev–Trinajstić information content (AvgIpc) is 3.29. The molecule has 1 unspecified atom stereocenters. The number of rotatable bonds is 8. The van der Waals surface area contributed by atoms with Gasteiger partial charge in [-0.2, -0.15) is 0 Å². The summed E-state index contributed by atoms with van der Waals surface area (Å²) in [6.45, 7) is 0.922. The number of hydrogen-bond donors (Lipinski definition) is 3. The van der Waals surface area contributed by atoms with Crippen LogP contribution in [0.4, 0.5) is 5.69 Å². The summed E-state index contributed by atoms with van der Waals surface area (Å²) in [7, 11) is 1.71. The maximum Gasteiger partial charge on any atom is 0.251 e. The van der Waals surface area contributed by atoms with E-state index in [1.807, 2.05) is 12.1 Å². The Morgan fingerprint density at radius 3 is 2.65 bits per heavy atom. The number of hydrogen-bond acceptors (Lipinski definition) is 4. The molecular formula is C15H22N2O3. The maximum atomic E-state index is 11.7. The van der Waals surface area contributed by atoms with Crippen LogP contribution in [-0.2, 0) is 4.74 Å². The molecule has 110 valence electrons. The first-order chi connectivity index (χ1) is 9.74. The van der Waals surface area contributed by atoms with Crippen molar-refractivity contribution in [3.05, 3.63) is 29.8 Å². The Hall–Kier alpha value is -1.59. The van der Waals surface area contributed by atoms with Crippen molar-refractivity contribution in [2.45, 2.75) is 18.9 Å². The second-order valence-corrected chi connectivity index (χ2v) is 5.10. The fraction of sp³-hybridized carbons (Fsp3) is 0.533. The number of carbonyl (C=O) groups is 1. The molecule has 0 heterocycles. The molecule has 1 aliphatic rings. The zero-order valence-electron chi connectivity index (χ0n) is 11.8. The molecule has 1 atom stereocenters. The molecule has 1 saturated carbocycles. The molecule has 3 N–H and O–H groups in total. The Kier molecular flexibility index (Phi) is 5.38. The highest BCUT2D eigenvalue weighted by Crippen LogP contribution is 2.34. The van der Waals surface area contributed by atoms with Gasteiger partial charge >= 0.3 is 0 Å². The second-order valence-electron chi connectivity index (χ2n) is 5.10.